The minimum Gasteiger partial charge on any atom is -0.463 e. The van der Waals surface area contributed by atoms with E-state index in [9.17, 15) is 4.79 Å². The number of fused-ring (bicyclic) bond motifs is 1. The summed E-state index contributed by atoms with van der Waals surface area (Å²) < 4.78 is 7.49. The number of amides is 1. The number of aromatic nitrogens is 1. The van der Waals surface area contributed by atoms with Crippen LogP contribution in [0, 0.1) is 13.8 Å². The van der Waals surface area contributed by atoms with Gasteiger partial charge >= 0.3 is 0 Å². The fourth-order valence-electron chi connectivity index (χ4n) is 3.17. The Labute approximate surface area is 162 Å². The van der Waals surface area contributed by atoms with Crippen molar-refractivity contribution in [3.05, 3.63) is 88.3 Å². The molecule has 0 atom stereocenters. The molecule has 0 aliphatic heterocycles. The van der Waals surface area contributed by atoms with Crippen molar-refractivity contribution >= 4 is 34.3 Å². The Bertz CT molecular complexity index is 1120. The van der Waals surface area contributed by atoms with Gasteiger partial charge in [0, 0.05) is 29.4 Å². The van der Waals surface area contributed by atoms with E-state index in [1.807, 2.05) is 29.7 Å². The first-order chi connectivity index (χ1) is 13.0. The third kappa shape index (κ3) is 3.49. The zero-order valence-corrected chi connectivity index (χ0v) is 15.9. The van der Waals surface area contributed by atoms with Gasteiger partial charge in [0.1, 0.15) is 5.69 Å². The molecule has 4 aromatic rings. The van der Waals surface area contributed by atoms with E-state index >= 15 is 0 Å². The van der Waals surface area contributed by atoms with Crippen LogP contribution < -0.4 is 5.32 Å². The van der Waals surface area contributed by atoms with Crippen LogP contribution in [-0.4, -0.2) is 10.5 Å². The zero-order valence-electron chi connectivity index (χ0n) is 15.1. The molecule has 2 aromatic heterocycles. The highest BCUT2D eigenvalue weighted by atomic mass is 35.5. The van der Waals surface area contributed by atoms with Gasteiger partial charge < -0.3 is 14.3 Å². The molecule has 136 valence electrons. The largest absolute Gasteiger partial charge is 0.463 e. The second-order valence-electron chi connectivity index (χ2n) is 6.68. The number of nitrogens with zero attached hydrogens (tertiary/aromatic N) is 1. The topological polar surface area (TPSA) is 47.2 Å². The first kappa shape index (κ1) is 17.4. The molecule has 0 bridgehead atoms. The van der Waals surface area contributed by atoms with Gasteiger partial charge in [-0.2, -0.15) is 0 Å². The lowest BCUT2D eigenvalue weighted by molar-refractivity contribution is 0.101. The molecular formula is C22H19ClN2O2. The van der Waals surface area contributed by atoms with E-state index in [-0.39, 0.29) is 5.91 Å². The molecule has 0 fully saturated rings. The molecule has 1 N–H and O–H groups in total. The molecule has 2 heterocycles. The molecule has 0 aliphatic rings. The number of aryl methyl sites for hydroxylation is 2. The summed E-state index contributed by atoms with van der Waals surface area (Å²) in [4.78, 5) is 13.0. The van der Waals surface area contributed by atoms with E-state index in [1.165, 1.54) is 5.56 Å². The molecule has 0 aliphatic carbocycles. The van der Waals surface area contributed by atoms with Crippen LogP contribution in [0.25, 0.3) is 11.1 Å². The van der Waals surface area contributed by atoms with Gasteiger partial charge in [0.15, 0.2) is 5.58 Å². The van der Waals surface area contributed by atoms with Crippen molar-refractivity contribution in [3.63, 3.8) is 0 Å². The highest BCUT2D eigenvalue weighted by Crippen LogP contribution is 2.25. The van der Waals surface area contributed by atoms with Crippen molar-refractivity contribution in [2.45, 2.75) is 20.4 Å². The minimum atomic E-state index is -0.182. The van der Waals surface area contributed by atoms with Gasteiger partial charge in [-0.15, -0.1) is 0 Å². The molecule has 5 heteroatoms. The van der Waals surface area contributed by atoms with Crippen LogP contribution in [0.15, 0.2) is 65.3 Å². The highest BCUT2D eigenvalue weighted by molar-refractivity contribution is 6.30. The predicted molar refractivity (Wildman–Crippen MR) is 109 cm³/mol. The summed E-state index contributed by atoms with van der Waals surface area (Å²) in [6.45, 7) is 4.56. The number of rotatable bonds is 4. The van der Waals surface area contributed by atoms with Crippen LogP contribution >= 0.6 is 11.6 Å². The van der Waals surface area contributed by atoms with Crippen LogP contribution in [0.5, 0.6) is 0 Å². The Hall–Kier alpha value is -2.98. The third-order valence-corrected chi connectivity index (χ3v) is 4.89. The van der Waals surface area contributed by atoms with Gasteiger partial charge in [0.2, 0.25) is 0 Å². The molecule has 27 heavy (non-hydrogen) atoms. The number of carbonyl (C=O) groups is 1. The van der Waals surface area contributed by atoms with Gasteiger partial charge in [-0.25, -0.2) is 0 Å². The molecule has 0 radical (unpaired) electrons. The van der Waals surface area contributed by atoms with Crippen molar-refractivity contribution in [1.82, 2.24) is 4.57 Å². The van der Waals surface area contributed by atoms with E-state index in [0.717, 1.165) is 22.3 Å². The van der Waals surface area contributed by atoms with Crippen LogP contribution in [0.4, 0.5) is 5.69 Å². The number of furan rings is 1. The van der Waals surface area contributed by atoms with Crippen molar-refractivity contribution < 1.29 is 9.21 Å². The molecule has 0 saturated heterocycles. The molecule has 0 spiro atoms. The Morgan fingerprint density at radius 1 is 1.07 bits per heavy atom. The van der Waals surface area contributed by atoms with Crippen LogP contribution in [0.3, 0.4) is 0 Å². The van der Waals surface area contributed by atoms with Crippen molar-refractivity contribution in [1.29, 1.82) is 0 Å². The second-order valence-corrected chi connectivity index (χ2v) is 7.12. The number of hydrogen-bond acceptors (Lipinski definition) is 2. The quantitative estimate of drug-likeness (QED) is 0.487. The lowest BCUT2D eigenvalue weighted by atomic mass is 10.1. The molecule has 4 nitrogen and oxygen atoms in total. The van der Waals surface area contributed by atoms with Crippen LogP contribution in [0.2, 0.25) is 5.02 Å². The average Bonchev–Trinajstić information content (AvgIpc) is 3.22. The van der Waals surface area contributed by atoms with E-state index in [0.29, 0.717) is 22.8 Å². The summed E-state index contributed by atoms with van der Waals surface area (Å²) >= 11 is 6.01. The normalized spacial score (nSPS) is 11.1. The number of nitrogens with one attached hydrogen (secondary N) is 1. The van der Waals surface area contributed by atoms with Gasteiger partial charge in [0.25, 0.3) is 5.91 Å². The zero-order chi connectivity index (χ0) is 19.0. The molecule has 1 amide bonds. The van der Waals surface area contributed by atoms with E-state index < -0.39 is 0 Å². The van der Waals surface area contributed by atoms with Gasteiger partial charge in [-0.05, 0) is 43.2 Å². The number of carbonyl (C=O) groups excluding carboxylic acids is 1. The Balaban J connectivity index is 1.69. The van der Waals surface area contributed by atoms with E-state index in [4.69, 9.17) is 16.0 Å². The maximum atomic E-state index is 13.0. The maximum Gasteiger partial charge on any atom is 0.272 e. The first-order valence-corrected chi connectivity index (χ1v) is 9.09. The van der Waals surface area contributed by atoms with E-state index in [2.05, 4.69) is 36.5 Å². The Kier molecular flexibility index (Phi) is 4.50. The summed E-state index contributed by atoms with van der Waals surface area (Å²) in [5, 5.41) is 3.62. The van der Waals surface area contributed by atoms with Crippen molar-refractivity contribution in [3.8, 4) is 0 Å². The standard InChI is InChI=1S/C22H19ClN2O2/c1-14-3-5-16(6-4-14)13-25-19-9-10-27-21(19)12-20(25)22(26)24-18-8-7-17(23)11-15(18)2/h3-12H,13H2,1-2H3,(H,24,26). The van der Waals surface area contributed by atoms with Gasteiger partial charge in [-0.1, -0.05) is 41.4 Å². The molecule has 0 saturated carbocycles. The molecule has 2 aromatic carbocycles. The fourth-order valence-corrected chi connectivity index (χ4v) is 3.39. The molecule has 0 unspecified atom stereocenters. The van der Waals surface area contributed by atoms with Crippen LogP contribution in [-0.2, 0) is 6.54 Å². The number of halogens is 1. The second kappa shape index (κ2) is 6.97. The number of hydrogen-bond donors (Lipinski definition) is 1. The summed E-state index contributed by atoms with van der Waals surface area (Å²) in [6.07, 6.45) is 1.64. The molecular weight excluding hydrogens is 360 g/mol. The smallest absolute Gasteiger partial charge is 0.272 e. The first-order valence-electron chi connectivity index (χ1n) is 8.71. The fraction of sp³-hybridized carbons (Fsp3) is 0.136. The maximum absolute atomic E-state index is 13.0. The Morgan fingerprint density at radius 3 is 2.59 bits per heavy atom. The highest BCUT2D eigenvalue weighted by Gasteiger charge is 2.18. The third-order valence-electron chi connectivity index (χ3n) is 4.65. The summed E-state index contributed by atoms with van der Waals surface area (Å²) in [5.41, 5.74) is 6.13. The van der Waals surface area contributed by atoms with Crippen LogP contribution in [0.1, 0.15) is 27.2 Å². The predicted octanol–water partition coefficient (Wildman–Crippen LogP) is 5.81. The van der Waals surface area contributed by atoms with Crippen molar-refractivity contribution in [2.75, 3.05) is 5.32 Å². The van der Waals surface area contributed by atoms with E-state index in [1.54, 1.807) is 18.4 Å². The SMILES string of the molecule is Cc1ccc(Cn2c(C(=O)Nc3ccc(Cl)cc3C)cc3occc32)cc1. The van der Waals surface area contributed by atoms with Crippen molar-refractivity contribution in [2.24, 2.45) is 0 Å². The summed E-state index contributed by atoms with van der Waals surface area (Å²) in [5.74, 6) is -0.182. The number of anilines is 1. The minimum absolute atomic E-state index is 0.182. The number of benzene rings is 2. The summed E-state index contributed by atoms with van der Waals surface area (Å²) in [6, 6.07) is 17.4. The molecule has 4 rings (SSSR count). The average molecular weight is 379 g/mol. The Morgan fingerprint density at radius 2 is 1.85 bits per heavy atom. The summed E-state index contributed by atoms with van der Waals surface area (Å²) in [7, 11) is 0. The monoisotopic (exact) mass is 378 g/mol. The lowest BCUT2D eigenvalue weighted by Crippen LogP contribution is -2.18. The van der Waals surface area contributed by atoms with Gasteiger partial charge in [-0.3, -0.25) is 4.79 Å². The lowest BCUT2D eigenvalue weighted by Gasteiger charge is -2.12. The van der Waals surface area contributed by atoms with Gasteiger partial charge in [0.05, 0.1) is 11.8 Å².